The van der Waals surface area contributed by atoms with E-state index in [9.17, 15) is 14.4 Å². The zero-order chi connectivity index (χ0) is 14.0. The first-order chi connectivity index (χ1) is 8.51. The molecular formula is C10H19N3O5. The molecule has 104 valence electrons. The number of urea groups is 1. The molecule has 0 aromatic carbocycles. The van der Waals surface area contributed by atoms with Crippen LogP contribution in [0.3, 0.4) is 0 Å². The third kappa shape index (κ3) is 7.44. The molecule has 0 aliphatic heterocycles. The molecule has 0 bridgehead atoms. The predicted octanol–water partition coefficient (Wildman–Crippen LogP) is -1.09. The molecule has 0 spiro atoms. The van der Waals surface area contributed by atoms with Crippen LogP contribution in [0.25, 0.3) is 0 Å². The molecule has 18 heavy (non-hydrogen) atoms. The third-order valence-corrected chi connectivity index (χ3v) is 2.05. The number of carboxylic acid groups (broad SMARTS) is 1. The number of rotatable bonds is 8. The van der Waals surface area contributed by atoms with Crippen molar-refractivity contribution in [1.29, 1.82) is 0 Å². The SMILES string of the molecule is CC[C@H](NC(=O)NCC(=O)NCCOC)C(=O)O. The van der Waals surface area contributed by atoms with Crippen molar-refractivity contribution in [3.05, 3.63) is 0 Å². The summed E-state index contributed by atoms with van der Waals surface area (Å²) in [6, 6.07) is -1.65. The van der Waals surface area contributed by atoms with Gasteiger partial charge in [-0.25, -0.2) is 9.59 Å². The highest BCUT2D eigenvalue weighted by atomic mass is 16.5. The Bertz CT molecular complexity index is 295. The summed E-state index contributed by atoms with van der Waals surface area (Å²) in [5.74, 6) is -1.48. The van der Waals surface area contributed by atoms with Gasteiger partial charge in [-0.15, -0.1) is 0 Å². The van der Waals surface area contributed by atoms with Crippen LogP contribution in [0.4, 0.5) is 4.79 Å². The van der Waals surface area contributed by atoms with Crippen LogP contribution in [0.5, 0.6) is 0 Å². The lowest BCUT2D eigenvalue weighted by Crippen LogP contribution is -2.48. The van der Waals surface area contributed by atoms with Crippen molar-refractivity contribution in [3.63, 3.8) is 0 Å². The van der Waals surface area contributed by atoms with Gasteiger partial charge in [-0.2, -0.15) is 0 Å². The Morgan fingerprint density at radius 1 is 1.28 bits per heavy atom. The molecule has 0 aromatic heterocycles. The van der Waals surface area contributed by atoms with Crippen molar-refractivity contribution < 1.29 is 24.2 Å². The van der Waals surface area contributed by atoms with E-state index in [0.717, 1.165) is 0 Å². The summed E-state index contributed by atoms with van der Waals surface area (Å²) in [6.07, 6.45) is 0.267. The molecule has 0 saturated heterocycles. The Kier molecular flexibility index (Phi) is 8.29. The maximum Gasteiger partial charge on any atom is 0.326 e. The van der Waals surface area contributed by atoms with Crippen molar-refractivity contribution in [2.24, 2.45) is 0 Å². The first-order valence-corrected chi connectivity index (χ1v) is 5.54. The number of carbonyl (C=O) groups is 3. The summed E-state index contributed by atoms with van der Waals surface area (Å²) < 4.78 is 4.73. The van der Waals surface area contributed by atoms with Gasteiger partial charge < -0.3 is 25.8 Å². The number of hydrogen-bond donors (Lipinski definition) is 4. The maximum atomic E-state index is 11.3. The molecule has 0 heterocycles. The number of methoxy groups -OCH3 is 1. The molecular weight excluding hydrogens is 242 g/mol. The highest BCUT2D eigenvalue weighted by Crippen LogP contribution is 1.89. The van der Waals surface area contributed by atoms with E-state index in [4.69, 9.17) is 9.84 Å². The Hall–Kier alpha value is -1.83. The van der Waals surface area contributed by atoms with E-state index in [0.29, 0.717) is 13.2 Å². The van der Waals surface area contributed by atoms with Crippen LogP contribution < -0.4 is 16.0 Å². The highest BCUT2D eigenvalue weighted by Gasteiger charge is 2.17. The maximum absolute atomic E-state index is 11.3. The van der Waals surface area contributed by atoms with Crippen LogP contribution in [0.15, 0.2) is 0 Å². The van der Waals surface area contributed by atoms with E-state index in [2.05, 4.69) is 16.0 Å². The van der Waals surface area contributed by atoms with E-state index in [1.807, 2.05) is 0 Å². The molecule has 1 atom stereocenters. The zero-order valence-corrected chi connectivity index (χ0v) is 10.5. The van der Waals surface area contributed by atoms with Crippen molar-refractivity contribution >= 4 is 17.9 Å². The molecule has 0 aromatic rings. The van der Waals surface area contributed by atoms with E-state index in [1.165, 1.54) is 7.11 Å². The largest absolute Gasteiger partial charge is 0.480 e. The minimum absolute atomic E-state index is 0.217. The lowest BCUT2D eigenvalue weighted by molar-refractivity contribution is -0.139. The standard InChI is InChI=1S/C10H19N3O5/c1-3-7(9(15)16)13-10(17)12-6-8(14)11-4-5-18-2/h7H,3-6H2,1-2H3,(H,11,14)(H,15,16)(H2,12,13,17)/t7-/m0/s1. The molecule has 0 unspecified atom stereocenters. The van der Waals surface area contributed by atoms with Gasteiger partial charge in [0.05, 0.1) is 13.2 Å². The summed E-state index contributed by atoms with van der Waals surface area (Å²) in [7, 11) is 1.51. The Balaban J connectivity index is 3.82. The van der Waals surface area contributed by atoms with Gasteiger partial charge >= 0.3 is 12.0 Å². The van der Waals surface area contributed by atoms with Crippen molar-refractivity contribution in [3.8, 4) is 0 Å². The van der Waals surface area contributed by atoms with Gasteiger partial charge in [-0.3, -0.25) is 4.79 Å². The lowest BCUT2D eigenvalue weighted by Gasteiger charge is -2.13. The van der Waals surface area contributed by atoms with E-state index in [-0.39, 0.29) is 18.9 Å². The fraction of sp³-hybridized carbons (Fsp3) is 0.700. The minimum Gasteiger partial charge on any atom is -0.480 e. The molecule has 8 nitrogen and oxygen atoms in total. The number of amides is 3. The summed E-state index contributed by atoms with van der Waals surface area (Å²) in [6.45, 7) is 2.16. The number of nitrogens with one attached hydrogen (secondary N) is 3. The normalized spacial score (nSPS) is 11.4. The molecule has 8 heteroatoms. The van der Waals surface area contributed by atoms with E-state index >= 15 is 0 Å². The lowest BCUT2D eigenvalue weighted by atomic mass is 10.2. The fourth-order valence-electron chi connectivity index (χ4n) is 1.06. The molecule has 3 amide bonds. The second kappa shape index (κ2) is 9.23. The van der Waals surface area contributed by atoms with Gasteiger partial charge in [0.25, 0.3) is 0 Å². The number of hydrogen-bond acceptors (Lipinski definition) is 4. The second-order valence-corrected chi connectivity index (χ2v) is 3.47. The minimum atomic E-state index is -1.11. The van der Waals surface area contributed by atoms with Crippen LogP contribution in [-0.4, -0.2) is 55.9 Å². The number of carbonyl (C=O) groups excluding carboxylic acids is 2. The van der Waals surface area contributed by atoms with Gasteiger partial charge in [-0.05, 0) is 6.42 Å². The fourth-order valence-corrected chi connectivity index (χ4v) is 1.06. The summed E-state index contributed by atoms with van der Waals surface area (Å²) in [5.41, 5.74) is 0. The molecule has 0 fully saturated rings. The van der Waals surface area contributed by atoms with Crippen LogP contribution in [0.1, 0.15) is 13.3 Å². The predicted molar refractivity (Wildman–Crippen MR) is 63.1 cm³/mol. The van der Waals surface area contributed by atoms with Gasteiger partial charge in [-0.1, -0.05) is 6.92 Å². The number of aliphatic carboxylic acids is 1. The van der Waals surface area contributed by atoms with Gasteiger partial charge in [0.15, 0.2) is 0 Å². The zero-order valence-electron chi connectivity index (χ0n) is 10.5. The molecule has 0 rings (SSSR count). The molecule has 0 aliphatic carbocycles. The summed E-state index contributed by atoms with van der Waals surface area (Å²) in [5, 5.41) is 15.7. The van der Waals surface area contributed by atoms with Crippen molar-refractivity contribution in [2.75, 3.05) is 26.8 Å². The van der Waals surface area contributed by atoms with Crippen LogP contribution >= 0.6 is 0 Å². The Labute approximate surface area is 105 Å². The van der Waals surface area contributed by atoms with E-state index < -0.39 is 18.0 Å². The van der Waals surface area contributed by atoms with Gasteiger partial charge in [0.1, 0.15) is 6.04 Å². The van der Waals surface area contributed by atoms with Crippen LogP contribution in [0, 0.1) is 0 Å². The highest BCUT2D eigenvalue weighted by molar-refractivity contribution is 5.86. The quantitative estimate of drug-likeness (QED) is 0.414. The summed E-state index contributed by atoms with van der Waals surface area (Å²) >= 11 is 0. The number of carboxylic acids is 1. The average Bonchev–Trinajstić information content (AvgIpc) is 2.33. The van der Waals surface area contributed by atoms with Crippen LogP contribution in [-0.2, 0) is 14.3 Å². The van der Waals surface area contributed by atoms with Crippen molar-refractivity contribution in [1.82, 2.24) is 16.0 Å². The van der Waals surface area contributed by atoms with Crippen molar-refractivity contribution in [2.45, 2.75) is 19.4 Å². The first kappa shape index (κ1) is 16.2. The third-order valence-electron chi connectivity index (χ3n) is 2.05. The molecule has 4 N–H and O–H groups in total. The van der Waals surface area contributed by atoms with Crippen LogP contribution in [0.2, 0.25) is 0 Å². The smallest absolute Gasteiger partial charge is 0.326 e. The summed E-state index contributed by atoms with van der Waals surface area (Å²) in [4.78, 5) is 33.1. The molecule has 0 radical (unpaired) electrons. The average molecular weight is 261 g/mol. The Morgan fingerprint density at radius 3 is 2.44 bits per heavy atom. The van der Waals surface area contributed by atoms with Gasteiger partial charge in [0.2, 0.25) is 5.91 Å². The monoisotopic (exact) mass is 261 g/mol. The number of ether oxygens (including phenoxy) is 1. The first-order valence-electron chi connectivity index (χ1n) is 5.54. The second-order valence-electron chi connectivity index (χ2n) is 3.47. The van der Waals surface area contributed by atoms with Gasteiger partial charge in [0, 0.05) is 13.7 Å². The molecule has 0 saturated carbocycles. The van der Waals surface area contributed by atoms with E-state index in [1.54, 1.807) is 6.92 Å². The Morgan fingerprint density at radius 2 is 1.94 bits per heavy atom. The molecule has 0 aliphatic rings. The topological polar surface area (TPSA) is 117 Å².